The summed E-state index contributed by atoms with van der Waals surface area (Å²) in [5, 5.41) is 12.2. The Morgan fingerprint density at radius 1 is 1.10 bits per heavy atom. The van der Waals surface area contributed by atoms with Crippen molar-refractivity contribution in [3.63, 3.8) is 0 Å². The molecule has 0 aromatic carbocycles. The summed E-state index contributed by atoms with van der Waals surface area (Å²) < 4.78 is 33.8. The lowest BCUT2D eigenvalue weighted by Gasteiger charge is -2.42. The monoisotopic (exact) mass is 325 g/mol. The van der Waals surface area contributed by atoms with Gasteiger partial charge in [-0.3, -0.25) is 4.55 Å². The molecular weight excluding hydrogens is 294 g/mol. The van der Waals surface area contributed by atoms with Crippen LogP contribution in [0.25, 0.3) is 0 Å². The molecule has 0 radical (unpaired) electrons. The minimum absolute atomic E-state index is 0.0930. The van der Waals surface area contributed by atoms with Gasteiger partial charge in [-0.1, -0.05) is 39.0 Å². The first-order valence-corrected chi connectivity index (χ1v) is 9.16. The van der Waals surface area contributed by atoms with Gasteiger partial charge in [-0.15, -0.1) is 0 Å². The molecule has 0 spiro atoms. The Balaban J connectivity index is 3.80. The number of hydrogen-bond acceptors (Lipinski definition) is 4. The molecule has 1 unspecified atom stereocenters. The van der Waals surface area contributed by atoms with Gasteiger partial charge in [0.2, 0.25) is 0 Å². The van der Waals surface area contributed by atoms with Crippen molar-refractivity contribution >= 4 is 10.4 Å². The van der Waals surface area contributed by atoms with Crippen molar-refractivity contribution in [2.45, 2.75) is 64.5 Å². The molecule has 0 aliphatic carbocycles. The molecule has 0 saturated heterocycles. The fourth-order valence-corrected chi connectivity index (χ4v) is 2.56. The Morgan fingerprint density at radius 3 is 2.24 bits per heavy atom. The molecule has 0 aromatic heterocycles. The topological polar surface area (TPSA) is 86.7 Å². The first-order chi connectivity index (χ1) is 9.69. The van der Waals surface area contributed by atoms with Crippen LogP contribution in [0.15, 0.2) is 0 Å². The first-order valence-electron chi connectivity index (χ1n) is 7.79. The fourth-order valence-electron chi connectivity index (χ4n) is 2.23. The van der Waals surface area contributed by atoms with E-state index >= 15 is 0 Å². The van der Waals surface area contributed by atoms with Crippen molar-refractivity contribution in [1.29, 1.82) is 0 Å². The molecule has 6 nitrogen and oxygen atoms in total. The summed E-state index contributed by atoms with van der Waals surface area (Å²) in [5.74, 6) is 0. The summed E-state index contributed by atoms with van der Waals surface area (Å²) in [7, 11) is -0.674. The van der Waals surface area contributed by atoms with Gasteiger partial charge in [0.05, 0.1) is 27.2 Å². The first kappa shape index (κ1) is 20.8. The molecule has 0 fully saturated rings. The van der Waals surface area contributed by atoms with Crippen LogP contribution >= 0.6 is 0 Å². The summed E-state index contributed by atoms with van der Waals surface area (Å²) >= 11 is 0. The van der Waals surface area contributed by atoms with Gasteiger partial charge in [-0.25, -0.2) is 4.18 Å². The molecule has 21 heavy (non-hydrogen) atoms. The van der Waals surface area contributed by atoms with E-state index in [4.69, 9.17) is 4.55 Å². The predicted octanol–water partition coefficient (Wildman–Crippen LogP) is 1.71. The van der Waals surface area contributed by atoms with Gasteiger partial charge in [0.15, 0.2) is 0 Å². The number of quaternary nitrogens is 1. The molecule has 0 rings (SSSR count). The van der Waals surface area contributed by atoms with Crippen molar-refractivity contribution < 1.29 is 26.7 Å². The zero-order valence-corrected chi connectivity index (χ0v) is 14.4. The summed E-state index contributed by atoms with van der Waals surface area (Å²) in [5.41, 5.74) is 0. The van der Waals surface area contributed by atoms with Crippen molar-refractivity contribution in [2.75, 3.05) is 27.2 Å². The second-order valence-electron chi connectivity index (χ2n) is 6.12. The predicted molar refractivity (Wildman–Crippen MR) is 80.9 cm³/mol. The van der Waals surface area contributed by atoms with Crippen LogP contribution in [-0.2, 0) is 14.6 Å². The molecule has 1 atom stereocenters. The fraction of sp³-hybridized carbons (Fsp3) is 1.00. The average Bonchev–Trinajstić information content (AvgIpc) is 2.37. The van der Waals surface area contributed by atoms with Crippen molar-refractivity contribution in [1.82, 2.24) is 0 Å². The van der Waals surface area contributed by atoms with E-state index in [1.807, 2.05) is 14.1 Å². The highest BCUT2D eigenvalue weighted by Gasteiger charge is 2.18. The molecule has 0 aliphatic heterocycles. The van der Waals surface area contributed by atoms with E-state index in [0.29, 0.717) is 23.9 Å². The van der Waals surface area contributed by atoms with Crippen molar-refractivity contribution in [2.24, 2.45) is 0 Å². The Kier molecular flexibility index (Phi) is 10.4. The number of nitrogens with zero attached hydrogens (tertiary/aromatic N) is 1. The second kappa shape index (κ2) is 10.5. The average molecular weight is 325 g/mol. The van der Waals surface area contributed by atoms with Gasteiger partial charge in [0.25, 0.3) is 0 Å². The van der Waals surface area contributed by atoms with E-state index < -0.39 is 16.6 Å². The lowest BCUT2D eigenvalue weighted by molar-refractivity contribution is -0.985. The standard InChI is InChI=1S/C14H31NO5S/c1-4-5-6-7-8-9-11-14(16)15(2,3)12-10-13-20-21(17,18)19/h14H,4-13H2,1-3H3,(H,17,18,19). The van der Waals surface area contributed by atoms with E-state index in [2.05, 4.69) is 11.1 Å². The van der Waals surface area contributed by atoms with Gasteiger partial charge >= 0.3 is 10.4 Å². The van der Waals surface area contributed by atoms with Crippen LogP contribution in [0.5, 0.6) is 0 Å². The van der Waals surface area contributed by atoms with Crippen LogP contribution in [-0.4, -0.2) is 50.9 Å². The molecule has 128 valence electrons. The van der Waals surface area contributed by atoms with Crippen LogP contribution in [0.4, 0.5) is 0 Å². The Labute approximate surface area is 129 Å². The van der Waals surface area contributed by atoms with Gasteiger partial charge < -0.3 is 9.59 Å². The van der Waals surface area contributed by atoms with Crippen LogP contribution in [0.1, 0.15) is 58.3 Å². The van der Waals surface area contributed by atoms with E-state index in [0.717, 1.165) is 12.8 Å². The maximum Gasteiger partial charge on any atom is 0.397 e. The van der Waals surface area contributed by atoms with E-state index in [1.165, 1.54) is 25.7 Å². The Bertz CT molecular complexity index is 356. The zero-order chi connectivity index (χ0) is 16.4. The summed E-state index contributed by atoms with van der Waals surface area (Å²) in [4.78, 5) is 0. The molecular formula is C14H31NO5S. The maximum atomic E-state index is 12.2. The van der Waals surface area contributed by atoms with Crippen molar-refractivity contribution in [3.05, 3.63) is 0 Å². The third kappa shape index (κ3) is 12.1. The molecule has 0 amide bonds. The van der Waals surface area contributed by atoms with E-state index in [1.54, 1.807) is 0 Å². The third-order valence-electron chi connectivity index (χ3n) is 3.70. The minimum Gasteiger partial charge on any atom is -0.806 e. The molecule has 0 heterocycles. The third-order valence-corrected chi connectivity index (χ3v) is 4.16. The molecule has 0 bridgehead atoms. The molecule has 7 heteroatoms. The minimum atomic E-state index is -4.37. The van der Waals surface area contributed by atoms with Gasteiger partial charge in [0.1, 0.15) is 0 Å². The highest BCUT2D eigenvalue weighted by Crippen LogP contribution is 2.13. The van der Waals surface area contributed by atoms with Gasteiger partial charge in [-0.05, 0) is 12.8 Å². The molecule has 0 aliphatic rings. The second-order valence-corrected chi connectivity index (χ2v) is 7.21. The Hall–Kier alpha value is -0.210. The normalized spacial score (nSPS) is 14.3. The molecule has 1 N–H and O–H groups in total. The van der Waals surface area contributed by atoms with Crippen LogP contribution in [0, 0.1) is 0 Å². The van der Waals surface area contributed by atoms with Crippen molar-refractivity contribution in [3.8, 4) is 0 Å². The maximum absolute atomic E-state index is 12.2. The number of unbranched alkanes of at least 4 members (excludes halogenated alkanes) is 5. The zero-order valence-electron chi connectivity index (χ0n) is 13.6. The highest BCUT2D eigenvalue weighted by molar-refractivity contribution is 7.80. The lowest BCUT2D eigenvalue weighted by atomic mass is 10.1. The van der Waals surface area contributed by atoms with Gasteiger partial charge in [-0.2, -0.15) is 8.42 Å². The lowest BCUT2D eigenvalue weighted by Crippen LogP contribution is -2.56. The summed E-state index contributed by atoms with van der Waals surface area (Å²) in [6, 6.07) is 0. The highest BCUT2D eigenvalue weighted by atomic mass is 32.3. The smallest absolute Gasteiger partial charge is 0.397 e. The quantitative estimate of drug-likeness (QED) is 0.241. The van der Waals surface area contributed by atoms with Crippen LogP contribution in [0.3, 0.4) is 0 Å². The van der Waals surface area contributed by atoms with E-state index in [9.17, 15) is 13.5 Å². The van der Waals surface area contributed by atoms with Crippen LogP contribution < -0.4 is 5.11 Å². The molecule has 0 saturated carbocycles. The largest absolute Gasteiger partial charge is 0.806 e. The van der Waals surface area contributed by atoms with Gasteiger partial charge in [0, 0.05) is 12.6 Å². The number of rotatable bonds is 13. The molecule has 0 aromatic rings. The van der Waals surface area contributed by atoms with Crippen LogP contribution in [0.2, 0.25) is 0 Å². The Morgan fingerprint density at radius 2 is 1.67 bits per heavy atom. The summed E-state index contributed by atoms with van der Waals surface area (Å²) in [6.45, 7) is 2.61. The number of hydrogen-bond donors (Lipinski definition) is 1. The SMILES string of the molecule is CCCCCCCCC([O-])[N+](C)(C)CCCOS(=O)(=O)O. The van der Waals surface area contributed by atoms with E-state index in [-0.39, 0.29) is 6.61 Å². The summed E-state index contributed by atoms with van der Waals surface area (Å²) in [6.07, 6.45) is 7.31.